The predicted molar refractivity (Wildman–Crippen MR) is 127 cm³/mol. The first kappa shape index (κ1) is 22.6. The van der Waals surface area contributed by atoms with Gasteiger partial charge in [0.05, 0.1) is 0 Å². The standard InChI is InChI=1S/C27H31N3O4/c1-17(18-7-3-2-4-8-18)28-22-9-5-6-10-24(22)34-20-11-12-21-19(15-20)16-30(27(21)33)23-13-14-25(31)29-26(23)32/h2-4,7-8,11-12,15,17,22-24,28H,5-6,9-10,13-14,16H2,1H3,(H,29,31,32)/t17-,22+,23?,24-/m1/s1. The number of hydrogen-bond acceptors (Lipinski definition) is 5. The van der Waals surface area contributed by atoms with Crippen molar-refractivity contribution in [3.63, 3.8) is 0 Å². The van der Waals surface area contributed by atoms with E-state index in [0.717, 1.165) is 30.6 Å². The van der Waals surface area contributed by atoms with Crippen LogP contribution in [0, 0.1) is 0 Å². The van der Waals surface area contributed by atoms with Gasteiger partial charge < -0.3 is 15.0 Å². The van der Waals surface area contributed by atoms with Gasteiger partial charge in [-0.25, -0.2) is 0 Å². The first-order valence-corrected chi connectivity index (χ1v) is 12.2. The summed E-state index contributed by atoms with van der Waals surface area (Å²) in [5.41, 5.74) is 2.73. The minimum absolute atomic E-state index is 0.0568. The molecule has 7 heteroatoms. The highest BCUT2D eigenvalue weighted by Crippen LogP contribution is 2.32. The number of nitrogens with one attached hydrogen (secondary N) is 2. The summed E-state index contributed by atoms with van der Waals surface area (Å²) in [6.07, 6.45) is 5.03. The van der Waals surface area contributed by atoms with Gasteiger partial charge in [-0.15, -0.1) is 0 Å². The summed E-state index contributed by atoms with van der Waals surface area (Å²) in [5.74, 6) is -0.0801. The highest BCUT2D eigenvalue weighted by atomic mass is 16.5. The second-order valence-corrected chi connectivity index (χ2v) is 9.57. The molecule has 1 unspecified atom stereocenters. The van der Waals surface area contributed by atoms with Gasteiger partial charge in [0.15, 0.2) is 0 Å². The van der Waals surface area contributed by atoms with Gasteiger partial charge in [-0.1, -0.05) is 36.8 Å². The van der Waals surface area contributed by atoms with Crippen molar-refractivity contribution in [2.24, 2.45) is 0 Å². The lowest BCUT2D eigenvalue weighted by Gasteiger charge is -2.34. The molecule has 0 bridgehead atoms. The number of carbonyl (C=O) groups excluding carboxylic acids is 3. The third-order valence-electron chi connectivity index (χ3n) is 7.25. The number of imide groups is 1. The minimum atomic E-state index is -0.603. The summed E-state index contributed by atoms with van der Waals surface area (Å²) in [7, 11) is 0. The van der Waals surface area contributed by atoms with Crippen LogP contribution in [-0.4, -0.2) is 40.8 Å². The van der Waals surface area contributed by atoms with Crippen molar-refractivity contribution in [3.8, 4) is 5.75 Å². The number of ether oxygens (including phenoxy) is 1. The normalized spacial score (nSPS) is 25.6. The molecule has 34 heavy (non-hydrogen) atoms. The summed E-state index contributed by atoms with van der Waals surface area (Å²) < 4.78 is 6.46. The van der Waals surface area contributed by atoms with Crippen molar-refractivity contribution in [1.29, 1.82) is 0 Å². The largest absolute Gasteiger partial charge is 0.489 e. The lowest BCUT2D eigenvalue weighted by Crippen LogP contribution is -2.52. The Balaban J connectivity index is 1.27. The molecule has 0 aromatic heterocycles. The molecule has 2 aromatic carbocycles. The smallest absolute Gasteiger partial charge is 0.255 e. The molecular formula is C27H31N3O4. The third-order valence-corrected chi connectivity index (χ3v) is 7.25. The fourth-order valence-electron chi connectivity index (χ4n) is 5.39. The molecule has 0 spiro atoms. The number of benzene rings is 2. The van der Waals surface area contributed by atoms with E-state index in [4.69, 9.17) is 4.74 Å². The van der Waals surface area contributed by atoms with Gasteiger partial charge >= 0.3 is 0 Å². The molecule has 178 valence electrons. The van der Waals surface area contributed by atoms with Gasteiger partial charge in [-0.05, 0) is 61.9 Å². The maximum atomic E-state index is 12.9. The lowest BCUT2D eigenvalue weighted by molar-refractivity contribution is -0.136. The Labute approximate surface area is 199 Å². The highest BCUT2D eigenvalue weighted by Gasteiger charge is 2.39. The Kier molecular flexibility index (Phi) is 6.37. The second kappa shape index (κ2) is 9.58. The van der Waals surface area contributed by atoms with E-state index in [1.807, 2.05) is 18.2 Å². The van der Waals surface area contributed by atoms with Crippen LogP contribution in [0.15, 0.2) is 48.5 Å². The molecule has 0 radical (unpaired) electrons. The molecule has 3 aliphatic rings. The van der Waals surface area contributed by atoms with E-state index >= 15 is 0 Å². The van der Waals surface area contributed by atoms with Gasteiger partial charge in [-0.2, -0.15) is 0 Å². The van der Waals surface area contributed by atoms with E-state index < -0.39 is 11.9 Å². The van der Waals surface area contributed by atoms with Crippen LogP contribution in [0.3, 0.4) is 0 Å². The molecule has 1 saturated carbocycles. The molecule has 4 atom stereocenters. The van der Waals surface area contributed by atoms with Crippen LogP contribution in [0.5, 0.6) is 5.75 Å². The van der Waals surface area contributed by atoms with Crippen LogP contribution in [0.2, 0.25) is 0 Å². The SMILES string of the molecule is C[C@@H](N[C@H]1CCCC[C@H]1Oc1ccc2c(c1)CN(C1CCC(=O)NC1=O)C2=O)c1ccccc1. The van der Waals surface area contributed by atoms with Crippen molar-refractivity contribution < 1.29 is 19.1 Å². The Morgan fingerprint density at radius 2 is 1.82 bits per heavy atom. The van der Waals surface area contributed by atoms with Gasteiger partial charge in [0.25, 0.3) is 5.91 Å². The molecule has 2 aliphatic heterocycles. The fraction of sp³-hybridized carbons (Fsp3) is 0.444. The maximum Gasteiger partial charge on any atom is 0.255 e. The maximum absolute atomic E-state index is 12.9. The molecule has 2 N–H and O–H groups in total. The number of carbonyl (C=O) groups is 3. The van der Waals surface area contributed by atoms with E-state index in [9.17, 15) is 14.4 Å². The van der Waals surface area contributed by atoms with Gasteiger partial charge in [0.2, 0.25) is 11.8 Å². The quantitative estimate of drug-likeness (QED) is 0.643. The number of piperidine rings is 1. The third kappa shape index (κ3) is 4.57. The summed E-state index contributed by atoms with van der Waals surface area (Å²) >= 11 is 0. The average molecular weight is 462 g/mol. The van der Waals surface area contributed by atoms with E-state index in [2.05, 4.69) is 41.8 Å². The highest BCUT2D eigenvalue weighted by molar-refractivity contribution is 6.05. The zero-order valence-corrected chi connectivity index (χ0v) is 19.5. The van der Waals surface area contributed by atoms with Crippen LogP contribution in [0.1, 0.15) is 73.0 Å². The molecule has 3 amide bonds. The summed E-state index contributed by atoms with van der Waals surface area (Å²) in [5, 5.41) is 6.11. The van der Waals surface area contributed by atoms with Crippen LogP contribution >= 0.6 is 0 Å². The number of fused-ring (bicyclic) bond motifs is 1. The molecule has 2 heterocycles. The van der Waals surface area contributed by atoms with Crippen molar-refractivity contribution in [2.75, 3.05) is 0 Å². The molecule has 2 aromatic rings. The monoisotopic (exact) mass is 461 g/mol. The van der Waals surface area contributed by atoms with Crippen molar-refractivity contribution in [3.05, 3.63) is 65.2 Å². The predicted octanol–water partition coefficient (Wildman–Crippen LogP) is 3.49. The van der Waals surface area contributed by atoms with Gasteiger partial charge in [-0.3, -0.25) is 19.7 Å². The number of nitrogens with zero attached hydrogens (tertiary/aromatic N) is 1. The zero-order chi connectivity index (χ0) is 23.7. The summed E-state index contributed by atoms with van der Waals surface area (Å²) in [4.78, 5) is 38.3. The Bertz CT molecular complexity index is 1090. The zero-order valence-electron chi connectivity index (χ0n) is 19.5. The number of hydrogen-bond donors (Lipinski definition) is 2. The number of amides is 3. The molecule has 7 nitrogen and oxygen atoms in total. The van der Waals surface area contributed by atoms with E-state index in [-0.39, 0.29) is 36.4 Å². The number of rotatable bonds is 6. The summed E-state index contributed by atoms with van der Waals surface area (Å²) in [6, 6.07) is 15.9. The first-order chi connectivity index (χ1) is 16.5. The molecule has 2 fully saturated rings. The Morgan fingerprint density at radius 3 is 2.62 bits per heavy atom. The van der Waals surface area contributed by atoms with Crippen LogP contribution in [0.4, 0.5) is 0 Å². The second-order valence-electron chi connectivity index (χ2n) is 9.57. The van der Waals surface area contributed by atoms with Gasteiger partial charge in [0.1, 0.15) is 17.9 Å². The molecular weight excluding hydrogens is 430 g/mol. The van der Waals surface area contributed by atoms with Gasteiger partial charge in [0, 0.05) is 30.6 Å². The topological polar surface area (TPSA) is 87.7 Å². The average Bonchev–Trinajstić information content (AvgIpc) is 3.16. The molecule has 1 aliphatic carbocycles. The van der Waals surface area contributed by atoms with E-state index in [1.54, 1.807) is 11.0 Å². The Morgan fingerprint density at radius 1 is 1.03 bits per heavy atom. The van der Waals surface area contributed by atoms with Crippen LogP contribution in [-0.2, 0) is 16.1 Å². The van der Waals surface area contributed by atoms with Crippen molar-refractivity contribution >= 4 is 17.7 Å². The molecule has 5 rings (SSSR count). The Hall–Kier alpha value is -3.19. The van der Waals surface area contributed by atoms with Crippen LogP contribution < -0.4 is 15.4 Å². The first-order valence-electron chi connectivity index (χ1n) is 12.2. The fourth-order valence-corrected chi connectivity index (χ4v) is 5.39. The molecule has 1 saturated heterocycles. The lowest BCUT2D eigenvalue weighted by atomic mass is 9.91. The van der Waals surface area contributed by atoms with Crippen molar-refractivity contribution in [2.45, 2.75) is 76.2 Å². The van der Waals surface area contributed by atoms with E-state index in [0.29, 0.717) is 18.5 Å². The van der Waals surface area contributed by atoms with E-state index in [1.165, 1.54) is 12.0 Å². The van der Waals surface area contributed by atoms with Crippen molar-refractivity contribution in [1.82, 2.24) is 15.5 Å². The summed E-state index contributed by atoms with van der Waals surface area (Å²) in [6.45, 7) is 2.54. The van der Waals surface area contributed by atoms with Crippen LogP contribution in [0.25, 0.3) is 0 Å². The minimum Gasteiger partial charge on any atom is -0.489 e.